The molecule has 0 amide bonds. The Morgan fingerprint density at radius 2 is 2.17 bits per heavy atom. The molecule has 1 heterocycles. The third-order valence-corrected chi connectivity index (χ3v) is 3.73. The molecule has 1 aliphatic rings. The molecule has 1 saturated heterocycles. The van der Waals surface area contributed by atoms with Crippen molar-refractivity contribution < 1.29 is 9.53 Å². The van der Waals surface area contributed by atoms with Crippen molar-refractivity contribution in [2.24, 2.45) is 11.3 Å². The molecule has 2 N–H and O–H groups in total. The molecular weight excluding hydrogens is 228 g/mol. The average molecular weight is 256 g/mol. The van der Waals surface area contributed by atoms with Crippen LogP contribution < -0.4 is 10.6 Å². The van der Waals surface area contributed by atoms with Crippen LogP contribution in [0.15, 0.2) is 0 Å². The molecule has 1 rings (SSSR count). The normalized spacial score (nSPS) is 24.9. The fraction of sp³-hybridized carbons (Fsp3) is 0.929. The number of hydrogen-bond acceptors (Lipinski definition) is 4. The summed E-state index contributed by atoms with van der Waals surface area (Å²) in [7, 11) is 1.46. The van der Waals surface area contributed by atoms with Crippen LogP contribution in [-0.4, -0.2) is 38.3 Å². The second kappa shape index (κ2) is 6.53. The van der Waals surface area contributed by atoms with Crippen LogP contribution in [-0.2, 0) is 9.53 Å². The Morgan fingerprint density at radius 1 is 1.50 bits per heavy atom. The minimum Gasteiger partial charge on any atom is -0.468 e. The van der Waals surface area contributed by atoms with E-state index in [9.17, 15) is 4.79 Å². The van der Waals surface area contributed by atoms with Crippen molar-refractivity contribution >= 4 is 5.97 Å². The zero-order valence-corrected chi connectivity index (χ0v) is 12.4. The lowest BCUT2D eigenvalue weighted by Crippen LogP contribution is -2.57. The van der Waals surface area contributed by atoms with Gasteiger partial charge in [-0.2, -0.15) is 0 Å². The summed E-state index contributed by atoms with van der Waals surface area (Å²) in [4.78, 5) is 11.8. The number of methoxy groups -OCH3 is 1. The van der Waals surface area contributed by atoms with Crippen LogP contribution in [0.5, 0.6) is 0 Å². The Bertz CT molecular complexity index is 277. The van der Waals surface area contributed by atoms with Gasteiger partial charge in [-0.05, 0) is 30.7 Å². The lowest BCUT2D eigenvalue weighted by molar-refractivity contribution is -0.144. The molecule has 0 aromatic rings. The highest BCUT2D eigenvalue weighted by atomic mass is 16.5. The number of ether oxygens (including phenoxy) is 1. The minimum atomic E-state index is -0.183. The molecule has 1 aliphatic heterocycles. The first-order chi connectivity index (χ1) is 8.36. The van der Waals surface area contributed by atoms with E-state index in [1.54, 1.807) is 0 Å². The summed E-state index contributed by atoms with van der Waals surface area (Å²) >= 11 is 0. The Hall–Kier alpha value is -0.610. The molecule has 2 unspecified atom stereocenters. The summed E-state index contributed by atoms with van der Waals surface area (Å²) in [5.41, 5.74) is 0.168. The van der Waals surface area contributed by atoms with Crippen LogP contribution >= 0.6 is 0 Å². The summed E-state index contributed by atoms with van der Waals surface area (Å²) in [6.45, 7) is 10.7. The minimum absolute atomic E-state index is 0.141. The van der Waals surface area contributed by atoms with E-state index in [4.69, 9.17) is 4.74 Å². The number of piperidine rings is 1. The van der Waals surface area contributed by atoms with Crippen molar-refractivity contribution in [1.29, 1.82) is 0 Å². The summed E-state index contributed by atoms with van der Waals surface area (Å²) < 4.78 is 4.91. The van der Waals surface area contributed by atoms with E-state index in [2.05, 4.69) is 38.3 Å². The maximum atomic E-state index is 11.8. The van der Waals surface area contributed by atoms with Crippen LogP contribution in [0.2, 0.25) is 0 Å². The van der Waals surface area contributed by atoms with E-state index in [1.807, 2.05) is 0 Å². The van der Waals surface area contributed by atoms with Gasteiger partial charge in [-0.1, -0.05) is 27.7 Å². The van der Waals surface area contributed by atoms with Gasteiger partial charge in [0, 0.05) is 12.6 Å². The quantitative estimate of drug-likeness (QED) is 0.733. The largest absolute Gasteiger partial charge is 0.468 e. The van der Waals surface area contributed by atoms with Crippen molar-refractivity contribution in [3.05, 3.63) is 0 Å². The fourth-order valence-electron chi connectivity index (χ4n) is 2.57. The van der Waals surface area contributed by atoms with Gasteiger partial charge in [0.25, 0.3) is 0 Å². The molecule has 0 saturated carbocycles. The highest BCUT2D eigenvalue weighted by Gasteiger charge is 2.35. The third kappa shape index (κ3) is 4.25. The molecule has 1 fully saturated rings. The van der Waals surface area contributed by atoms with E-state index < -0.39 is 0 Å². The molecule has 0 spiro atoms. The standard InChI is InChI=1S/C14H28N2O2/c1-10(2)8-11(13(17)18-5)16-12-6-7-15-9-14(12,3)4/h10-12,15-16H,6-9H2,1-5H3. The molecule has 18 heavy (non-hydrogen) atoms. The number of rotatable bonds is 5. The van der Waals surface area contributed by atoms with E-state index in [1.165, 1.54) is 7.11 Å². The smallest absolute Gasteiger partial charge is 0.322 e. The predicted octanol–water partition coefficient (Wildman–Crippen LogP) is 1.55. The van der Waals surface area contributed by atoms with Gasteiger partial charge in [-0.3, -0.25) is 4.79 Å². The predicted molar refractivity (Wildman–Crippen MR) is 73.5 cm³/mol. The highest BCUT2D eigenvalue weighted by Crippen LogP contribution is 2.26. The number of carbonyl (C=O) groups excluding carboxylic acids is 1. The molecule has 2 atom stereocenters. The number of esters is 1. The van der Waals surface area contributed by atoms with Crippen molar-refractivity contribution in [2.75, 3.05) is 20.2 Å². The third-order valence-electron chi connectivity index (χ3n) is 3.73. The second-order valence-electron chi connectivity index (χ2n) is 6.38. The number of nitrogens with one attached hydrogen (secondary N) is 2. The van der Waals surface area contributed by atoms with Crippen LogP contribution in [0.25, 0.3) is 0 Å². The lowest BCUT2D eigenvalue weighted by atomic mass is 9.79. The van der Waals surface area contributed by atoms with Gasteiger partial charge in [0.15, 0.2) is 0 Å². The molecule has 106 valence electrons. The van der Waals surface area contributed by atoms with Crippen molar-refractivity contribution in [1.82, 2.24) is 10.6 Å². The Balaban J connectivity index is 2.66. The molecule has 0 bridgehead atoms. The summed E-state index contributed by atoms with van der Waals surface area (Å²) in [6, 6.07) is 0.180. The number of hydrogen-bond donors (Lipinski definition) is 2. The van der Waals surface area contributed by atoms with Gasteiger partial charge in [-0.25, -0.2) is 0 Å². The maximum absolute atomic E-state index is 11.8. The van der Waals surface area contributed by atoms with Gasteiger partial charge < -0.3 is 15.4 Å². The summed E-state index contributed by atoms with van der Waals surface area (Å²) in [6.07, 6.45) is 1.88. The van der Waals surface area contributed by atoms with Crippen molar-refractivity contribution in [3.63, 3.8) is 0 Å². The van der Waals surface area contributed by atoms with Gasteiger partial charge in [0.05, 0.1) is 7.11 Å². The molecule has 4 heteroatoms. The average Bonchev–Trinajstić information content (AvgIpc) is 2.29. The Labute approximate surface area is 111 Å². The monoisotopic (exact) mass is 256 g/mol. The van der Waals surface area contributed by atoms with Gasteiger partial charge in [0.1, 0.15) is 6.04 Å². The number of carbonyl (C=O) groups is 1. The van der Waals surface area contributed by atoms with Gasteiger partial charge >= 0.3 is 5.97 Å². The van der Waals surface area contributed by atoms with Crippen LogP contribution in [0.4, 0.5) is 0 Å². The first-order valence-corrected chi connectivity index (χ1v) is 6.91. The summed E-state index contributed by atoms with van der Waals surface area (Å²) in [5, 5.41) is 6.92. The lowest BCUT2D eigenvalue weighted by Gasteiger charge is -2.41. The zero-order valence-electron chi connectivity index (χ0n) is 12.4. The zero-order chi connectivity index (χ0) is 13.8. The van der Waals surface area contributed by atoms with E-state index in [-0.39, 0.29) is 17.4 Å². The van der Waals surface area contributed by atoms with E-state index >= 15 is 0 Å². The molecule has 0 aromatic carbocycles. The van der Waals surface area contributed by atoms with Crippen LogP contribution in [0.1, 0.15) is 40.5 Å². The van der Waals surface area contributed by atoms with Gasteiger partial charge in [-0.15, -0.1) is 0 Å². The molecule has 0 aliphatic carbocycles. The highest BCUT2D eigenvalue weighted by molar-refractivity contribution is 5.75. The molecule has 0 aromatic heterocycles. The first kappa shape index (κ1) is 15.4. The Morgan fingerprint density at radius 3 is 2.67 bits per heavy atom. The second-order valence-corrected chi connectivity index (χ2v) is 6.38. The van der Waals surface area contributed by atoms with Crippen molar-refractivity contribution in [2.45, 2.75) is 52.6 Å². The van der Waals surface area contributed by atoms with Gasteiger partial charge in [0.2, 0.25) is 0 Å². The molecule has 4 nitrogen and oxygen atoms in total. The van der Waals surface area contributed by atoms with Crippen LogP contribution in [0, 0.1) is 11.3 Å². The van der Waals surface area contributed by atoms with Crippen LogP contribution in [0.3, 0.4) is 0 Å². The molecular formula is C14H28N2O2. The summed E-state index contributed by atoms with van der Waals surface area (Å²) in [5.74, 6) is 0.337. The van der Waals surface area contributed by atoms with E-state index in [0.29, 0.717) is 12.0 Å². The molecule has 0 radical (unpaired) electrons. The first-order valence-electron chi connectivity index (χ1n) is 6.91. The SMILES string of the molecule is COC(=O)C(CC(C)C)NC1CCNCC1(C)C. The fourth-order valence-corrected chi connectivity index (χ4v) is 2.57. The van der Waals surface area contributed by atoms with E-state index in [0.717, 1.165) is 25.9 Å². The maximum Gasteiger partial charge on any atom is 0.322 e. The topological polar surface area (TPSA) is 50.4 Å². The Kier molecular flexibility index (Phi) is 5.60. The van der Waals surface area contributed by atoms with Crippen molar-refractivity contribution in [3.8, 4) is 0 Å².